The zero-order chi connectivity index (χ0) is 14.8. The first-order chi connectivity index (χ1) is 10.1. The Bertz CT molecular complexity index is 670. The number of nitrogens with zero attached hydrogens (tertiary/aromatic N) is 3. The number of rotatable bonds is 1. The van der Waals surface area contributed by atoms with E-state index in [-0.39, 0.29) is 17.8 Å². The summed E-state index contributed by atoms with van der Waals surface area (Å²) < 4.78 is 10.4. The van der Waals surface area contributed by atoms with Crippen molar-refractivity contribution in [1.29, 1.82) is 0 Å². The highest BCUT2D eigenvalue weighted by Gasteiger charge is 2.21. The monoisotopic (exact) mass is 290 g/mol. The van der Waals surface area contributed by atoms with Gasteiger partial charge >= 0.3 is 12.0 Å². The fourth-order valence-corrected chi connectivity index (χ4v) is 2.05. The Morgan fingerprint density at radius 2 is 2.33 bits per heavy atom. The number of nitrogens with one attached hydrogen (secondary N) is 1. The average Bonchev–Trinajstić information content (AvgIpc) is 2.73. The zero-order valence-corrected chi connectivity index (χ0v) is 11.4. The van der Waals surface area contributed by atoms with Crippen molar-refractivity contribution < 1.29 is 19.2 Å². The van der Waals surface area contributed by atoms with E-state index < -0.39 is 0 Å². The molecule has 1 aromatic carbocycles. The lowest BCUT2D eigenvalue weighted by atomic mass is 10.2. The third kappa shape index (κ3) is 2.88. The van der Waals surface area contributed by atoms with Crippen molar-refractivity contribution in [3.05, 3.63) is 29.6 Å². The Labute approximate surface area is 120 Å². The first-order valence-electron chi connectivity index (χ1n) is 6.43. The Kier molecular flexibility index (Phi) is 3.35. The van der Waals surface area contributed by atoms with E-state index in [0.717, 1.165) is 5.56 Å². The molecule has 1 aromatic heterocycles. The van der Waals surface area contributed by atoms with Gasteiger partial charge in [-0.2, -0.15) is 4.98 Å². The van der Waals surface area contributed by atoms with Gasteiger partial charge in [0.05, 0.1) is 13.1 Å². The molecule has 2 heterocycles. The van der Waals surface area contributed by atoms with E-state index in [4.69, 9.17) is 9.26 Å². The fraction of sp³-hybridized carbons (Fsp3) is 0.308. The number of ether oxygens (including phenoxy) is 1. The molecule has 0 radical (unpaired) electrons. The van der Waals surface area contributed by atoms with Crippen molar-refractivity contribution in [2.45, 2.75) is 13.5 Å². The number of benzene rings is 1. The number of aromatic hydroxyl groups is 1. The predicted molar refractivity (Wildman–Crippen MR) is 72.1 cm³/mol. The quantitative estimate of drug-likeness (QED) is 0.825. The molecule has 0 atom stereocenters. The van der Waals surface area contributed by atoms with E-state index in [2.05, 4.69) is 15.5 Å². The summed E-state index contributed by atoms with van der Waals surface area (Å²) >= 11 is 0. The molecular weight excluding hydrogens is 276 g/mol. The van der Waals surface area contributed by atoms with Gasteiger partial charge in [-0.1, -0.05) is 5.16 Å². The summed E-state index contributed by atoms with van der Waals surface area (Å²) in [6.45, 7) is 2.79. The Hall–Kier alpha value is -2.77. The van der Waals surface area contributed by atoms with Crippen LogP contribution in [0.3, 0.4) is 0 Å². The van der Waals surface area contributed by atoms with Gasteiger partial charge in [0.2, 0.25) is 0 Å². The molecule has 1 aliphatic heterocycles. The summed E-state index contributed by atoms with van der Waals surface area (Å²) in [4.78, 5) is 17.7. The van der Waals surface area contributed by atoms with Crippen LogP contribution in [0.1, 0.15) is 11.4 Å². The normalized spacial score (nSPS) is 14.0. The average molecular weight is 290 g/mol. The Balaban J connectivity index is 1.74. The number of aromatic nitrogens is 2. The molecule has 3 rings (SSSR count). The third-order valence-electron chi connectivity index (χ3n) is 3.06. The highest BCUT2D eigenvalue weighted by molar-refractivity contribution is 5.87. The second-order valence-corrected chi connectivity index (χ2v) is 4.64. The van der Waals surface area contributed by atoms with Gasteiger partial charge in [-0.15, -0.1) is 0 Å². The molecule has 0 bridgehead atoms. The molecule has 0 spiro atoms. The number of amides is 2. The number of fused-ring (bicyclic) bond motifs is 1. The van der Waals surface area contributed by atoms with Gasteiger partial charge in [0.15, 0.2) is 5.82 Å². The molecule has 2 aromatic rings. The minimum absolute atomic E-state index is 0.0635. The minimum Gasteiger partial charge on any atom is -0.508 e. The van der Waals surface area contributed by atoms with E-state index >= 15 is 0 Å². The first-order valence-corrected chi connectivity index (χ1v) is 6.43. The number of phenolic OH excluding ortho intramolecular Hbond substituents is 1. The van der Waals surface area contributed by atoms with Crippen LogP contribution in [-0.4, -0.2) is 39.3 Å². The lowest BCUT2D eigenvalue weighted by Crippen LogP contribution is -2.36. The summed E-state index contributed by atoms with van der Waals surface area (Å²) in [6, 6.07) is 4.55. The standard InChI is InChI=1S/C13H14N4O4/c1-8-14-12(21-16-8)15-13(19)17-4-5-20-11-6-10(18)3-2-9(11)7-17/h2-3,6,18H,4-5,7H2,1H3,(H,14,15,16,19). The molecule has 0 fully saturated rings. The van der Waals surface area contributed by atoms with Gasteiger partial charge in [-0.3, -0.25) is 5.32 Å². The van der Waals surface area contributed by atoms with Gasteiger partial charge in [-0.25, -0.2) is 4.79 Å². The van der Waals surface area contributed by atoms with E-state index in [1.807, 2.05) is 0 Å². The topological polar surface area (TPSA) is 101 Å². The van der Waals surface area contributed by atoms with Crippen molar-refractivity contribution in [1.82, 2.24) is 15.0 Å². The number of aryl methyl sites for hydroxylation is 1. The minimum atomic E-state index is -0.344. The number of hydrogen-bond acceptors (Lipinski definition) is 6. The van der Waals surface area contributed by atoms with Gasteiger partial charge < -0.3 is 19.3 Å². The number of carbonyl (C=O) groups is 1. The van der Waals surface area contributed by atoms with Gasteiger partial charge in [0.25, 0.3) is 0 Å². The molecule has 2 N–H and O–H groups in total. The van der Waals surface area contributed by atoms with Crippen molar-refractivity contribution in [3.8, 4) is 11.5 Å². The van der Waals surface area contributed by atoms with Crippen LogP contribution in [0.2, 0.25) is 0 Å². The zero-order valence-electron chi connectivity index (χ0n) is 11.4. The second kappa shape index (κ2) is 5.31. The Morgan fingerprint density at radius 1 is 1.48 bits per heavy atom. The summed E-state index contributed by atoms with van der Waals surface area (Å²) in [5.74, 6) is 1.16. The highest BCUT2D eigenvalue weighted by atomic mass is 16.5. The van der Waals surface area contributed by atoms with Gasteiger partial charge in [0, 0.05) is 11.6 Å². The smallest absolute Gasteiger partial charge is 0.329 e. The van der Waals surface area contributed by atoms with E-state index in [9.17, 15) is 9.90 Å². The number of carbonyl (C=O) groups excluding carboxylic acids is 1. The maximum atomic E-state index is 12.2. The molecular formula is C13H14N4O4. The summed E-state index contributed by atoms with van der Waals surface area (Å²) in [5.41, 5.74) is 0.821. The number of phenols is 1. The van der Waals surface area contributed by atoms with Crippen LogP contribution in [0, 0.1) is 6.92 Å². The fourth-order valence-electron chi connectivity index (χ4n) is 2.05. The summed E-state index contributed by atoms with van der Waals surface area (Å²) in [6.07, 6.45) is 0. The maximum absolute atomic E-state index is 12.2. The number of anilines is 1. The molecule has 110 valence electrons. The van der Waals surface area contributed by atoms with Gasteiger partial charge in [-0.05, 0) is 19.1 Å². The maximum Gasteiger partial charge on any atom is 0.329 e. The molecule has 8 nitrogen and oxygen atoms in total. The molecule has 0 unspecified atom stereocenters. The van der Waals surface area contributed by atoms with Crippen LogP contribution in [0.15, 0.2) is 22.7 Å². The van der Waals surface area contributed by atoms with Crippen LogP contribution in [0.25, 0.3) is 0 Å². The Morgan fingerprint density at radius 3 is 3.10 bits per heavy atom. The third-order valence-corrected chi connectivity index (χ3v) is 3.06. The summed E-state index contributed by atoms with van der Waals surface area (Å²) in [7, 11) is 0. The lowest BCUT2D eigenvalue weighted by molar-refractivity contribution is 0.199. The molecule has 0 saturated heterocycles. The molecule has 2 amide bonds. The first kappa shape index (κ1) is 13.2. The van der Waals surface area contributed by atoms with Crippen LogP contribution in [-0.2, 0) is 6.54 Å². The van der Waals surface area contributed by atoms with Crippen molar-refractivity contribution >= 4 is 12.0 Å². The van der Waals surface area contributed by atoms with Crippen molar-refractivity contribution in [2.24, 2.45) is 0 Å². The number of hydrogen-bond donors (Lipinski definition) is 2. The van der Waals surface area contributed by atoms with E-state index in [1.54, 1.807) is 24.0 Å². The molecule has 21 heavy (non-hydrogen) atoms. The molecule has 0 saturated carbocycles. The van der Waals surface area contributed by atoms with E-state index in [0.29, 0.717) is 31.3 Å². The van der Waals surface area contributed by atoms with E-state index in [1.165, 1.54) is 6.07 Å². The number of urea groups is 1. The van der Waals surface area contributed by atoms with Crippen molar-refractivity contribution in [3.63, 3.8) is 0 Å². The largest absolute Gasteiger partial charge is 0.508 e. The summed E-state index contributed by atoms with van der Waals surface area (Å²) in [5, 5.41) is 15.6. The van der Waals surface area contributed by atoms with Crippen LogP contribution in [0.5, 0.6) is 11.5 Å². The SMILES string of the molecule is Cc1noc(NC(=O)N2CCOc3cc(O)ccc3C2)n1. The van der Waals surface area contributed by atoms with Gasteiger partial charge in [0.1, 0.15) is 18.1 Å². The molecule has 0 aliphatic carbocycles. The molecule has 1 aliphatic rings. The molecule has 8 heteroatoms. The van der Waals surface area contributed by atoms with Crippen LogP contribution < -0.4 is 10.1 Å². The predicted octanol–water partition coefficient (Wildman–Crippen LogP) is 1.51. The van der Waals surface area contributed by atoms with Crippen molar-refractivity contribution in [2.75, 3.05) is 18.5 Å². The van der Waals surface area contributed by atoms with Crippen LogP contribution >= 0.6 is 0 Å². The second-order valence-electron chi connectivity index (χ2n) is 4.64. The highest BCUT2D eigenvalue weighted by Crippen LogP contribution is 2.27. The lowest BCUT2D eigenvalue weighted by Gasteiger charge is -2.18. The van der Waals surface area contributed by atoms with Crippen LogP contribution in [0.4, 0.5) is 10.8 Å².